The lowest BCUT2D eigenvalue weighted by Crippen LogP contribution is -2.48. The minimum Gasteiger partial charge on any atom is -0.447 e. The van der Waals surface area contributed by atoms with Gasteiger partial charge in [-0.25, -0.2) is 14.5 Å². The van der Waals surface area contributed by atoms with Crippen molar-refractivity contribution in [3.63, 3.8) is 0 Å². The van der Waals surface area contributed by atoms with Crippen LogP contribution in [0.2, 0.25) is 0 Å². The van der Waals surface area contributed by atoms with Crippen LogP contribution in [0.4, 0.5) is 9.59 Å². The Hall–Kier alpha value is -2.57. The van der Waals surface area contributed by atoms with Gasteiger partial charge in [-0.2, -0.15) is 0 Å². The Labute approximate surface area is 146 Å². The van der Waals surface area contributed by atoms with Crippen molar-refractivity contribution in [3.05, 3.63) is 35.9 Å². The molecule has 2 aliphatic rings. The number of ether oxygens (including phenoxy) is 2. The van der Waals surface area contributed by atoms with Crippen LogP contribution in [0.15, 0.2) is 30.3 Å². The second-order valence-corrected chi connectivity index (χ2v) is 7.38. The van der Waals surface area contributed by atoms with E-state index in [0.29, 0.717) is 0 Å². The van der Waals surface area contributed by atoms with E-state index in [1.807, 2.05) is 51.1 Å². The molecule has 0 bridgehead atoms. The molecule has 0 radical (unpaired) electrons. The minimum absolute atomic E-state index is 0.146. The second-order valence-electron chi connectivity index (χ2n) is 7.38. The zero-order valence-electron chi connectivity index (χ0n) is 14.6. The molecule has 3 amide bonds. The molecule has 2 fully saturated rings. The van der Waals surface area contributed by atoms with Gasteiger partial charge in [-0.1, -0.05) is 51.1 Å². The first-order valence-electron chi connectivity index (χ1n) is 8.26. The Kier molecular flexibility index (Phi) is 4.41. The van der Waals surface area contributed by atoms with Crippen LogP contribution in [0.1, 0.15) is 26.3 Å². The standard InChI is InChI=1S/C18H22N2O5/c1-18(2,3)14-11-25-17(23)20(14)15(21)13-9-19(13)16(22)24-10-12-7-5-4-6-8-12/h4-8,13-14H,9-11H2,1-3H3/t13-,14-,19?/m1/s1. The Balaban J connectivity index is 1.58. The number of benzene rings is 1. The summed E-state index contributed by atoms with van der Waals surface area (Å²) >= 11 is 0. The van der Waals surface area contributed by atoms with E-state index in [1.165, 1.54) is 4.90 Å². The Bertz CT molecular complexity index is 682. The lowest BCUT2D eigenvalue weighted by molar-refractivity contribution is -0.130. The summed E-state index contributed by atoms with van der Waals surface area (Å²) in [5, 5.41) is 0. The van der Waals surface area contributed by atoms with Gasteiger partial charge in [0.2, 0.25) is 0 Å². The maximum Gasteiger partial charge on any atom is 0.417 e. The highest BCUT2D eigenvalue weighted by Crippen LogP contribution is 2.32. The van der Waals surface area contributed by atoms with Crippen molar-refractivity contribution in [2.45, 2.75) is 39.5 Å². The van der Waals surface area contributed by atoms with Crippen LogP contribution in [0, 0.1) is 5.41 Å². The van der Waals surface area contributed by atoms with Gasteiger partial charge in [0.05, 0.1) is 12.6 Å². The lowest BCUT2D eigenvalue weighted by Gasteiger charge is -2.30. The van der Waals surface area contributed by atoms with E-state index in [9.17, 15) is 14.4 Å². The maximum absolute atomic E-state index is 12.6. The predicted octanol–water partition coefficient (Wildman–Crippen LogP) is 2.40. The SMILES string of the molecule is CC(C)(C)[C@H]1COC(=O)N1C(=O)[C@H]1CN1C(=O)OCc1ccccc1. The fourth-order valence-corrected chi connectivity index (χ4v) is 2.82. The zero-order chi connectivity index (χ0) is 18.2. The first-order chi connectivity index (χ1) is 11.8. The number of nitrogens with zero attached hydrogens (tertiary/aromatic N) is 2. The Morgan fingerprint density at radius 2 is 1.92 bits per heavy atom. The number of amides is 3. The summed E-state index contributed by atoms with van der Waals surface area (Å²) in [5.41, 5.74) is 0.575. The van der Waals surface area contributed by atoms with Gasteiger partial charge in [0.15, 0.2) is 0 Å². The van der Waals surface area contributed by atoms with Crippen molar-refractivity contribution in [2.75, 3.05) is 13.2 Å². The van der Waals surface area contributed by atoms with E-state index < -0.39 is 24.1 Å². The third kappa shape index (κ3) is 3.60. The summed E-state index contributed by atoms with van der Waals surface area (Å²) in [6.45, 7) is 6.41. The summed E-state index contributed by atoms with van der Waals surface area (Å²) < 4.78 is 10.3. The number of hydrogen-bond acceptors (Lipinski definition) is 5. The maximum atomic E-state index is 12.6. The largest absolute Gasteiger partial charge is 0.447 e. The molecule has 2 saturated heterocycles. The molecule has 7 nitrogen and oxygen atoms in total. The van der Waals surface area contributed by atoms with Gasteiger partial charge < -0.3 is 9.47 Å². The monoisotopic (exact) mass is 346 g/mol. The smallest absolute Gasteiger partial charge is 0.417 e. The van der Waals surface area contributed by atoms with Gasteiger partial charge in [-0.3, -0.25) is 9.69 Å². The molecule has 3 rings (SSSR count). The average molecular weight is 346 g/mol. The zero-order valence-corrected chi connectivity index (χ0v) is 14.6. The fraction of sp³-hybridized carbons (Fsp3) is 0.500. The molecule has 134 valence electrons. The molecule has 2 aliphatic heterocycles. The molecule has 0 aliphatic carbocycles. The molecule has 2 heterocycles. The third-order valence-electron chi connectivity index (χ3n) is 4.45. The van der Waals surface area contributed by atoms with Crippen molar-refractivity contribution >= 4 is 18.1 Å². The minimum atomic E-state index is -0.654. The predicted molar refractivity (Wildman–Crippen MR) is 88.6 cm³/mol. The van der Waals surface area contributed by atoms with E-state index >= 15 is 0 Å². The molecule has 7 heteroatoms. The molecular formula is C18H22N2O5. The quantitative estimate of drug-likeness (QED) is 0.786. The highest BCUT2D eigenvalue weighted by molar-refractivity contribution is 6.00. The van der Waals surface area contributed by atoms with Crippen LogP contribution in [-0.2, 0) is 20.9 Å². The van der Waals surface area contributed by atoms with Crippen molar-refractivity contribution in [1.29, 1.82) is 0 Å². The number of cyclic esters (lactones) is 1. The van der Waals surface area contributed by atoms with Crippen LogP contribution >= 0.6 is 0 Å². The first-order valence-corrected chi connectivity index (χ1v) is 8.26. The molecule has 0 N–H and O–H groups in total. The highest BCUT2D eigenvalue weighted by Gasteiger charge is 2.53. The number of carbonyl (C=O) groups is 3. The molecule has 1 aromatic carbocycles. The summed E-state index contributed by atoms with van der Waals surface area (Å²) in [4.78, 5) is 39.1. The third-order valence-corrected chi connectivity index (χ3v) is 4.45. The molecule has 0 saturated carbocycles. The van der Waals surface area contributed by atoms with Gasteiger partial charge in [-0.15, -0.1) is 0 Å². The summed E-state index contributed by atoms with van der Waals surface area (Å²) in [7, 11) is 0. The van der Waals surface area contributed by atoms with Gasteiger partial charge in [0.1, 0.15) is 19.3 Å². The Morgan fingerprint density at radius 3 is 2.56 bits per heavy atom. The topological polar surface area (TPSA) is 75.9 Å². The van der Waals surface area contributed by atoms with Crippen molar-refractivity contribution in [3.8, 4) is 0 Å². The van der Waals surface area contributed by atoms with Crippen LogP contribution in [0.25, 0.3) is 0 Å². The van der Waals surface area contributed by atoms with Gasteiger partial charge in [0, 0.05) is 0 Å². The average Bonchev–Trinajstić information content (AvgIpc) is 3.27. The van der Waals surface area contributed by atoms with E-state index in [4.69, 9.17) is 9.47 Å². The van der Waals surface area contributed by atoms with Gasteiger partial charge in [-0.05, 0) is 11.0 Å². The van der Waals surface area contributed by atoms with Crippen molar-refractivity contribution < 1.29 is 23.9 Å². The van der Waals surface area contributed by atoms with E-state index in [1.54, 1.807) is 0 Å². The summed E-state index contributed by atoms with van der Waals surface area (Å²) in [6.07, 6.45) is -1.20. The number of carbonyl (C=O) groups excluding carboxylic acids is 3. The second kappa shape index (κ2) is 6.38. The van der Waals surface area contributed by atoms with Crippen molar-refractivity contribution in [2.24, 2.45) is 5.41 Å². The number of imide groups is 1. The van der Waals surface area contributed by atoms with Gasteiger partial charge >= 0.3 is 12.2 Å². The van der Waals surface area contributed by atoms with Crippen molar-refractivity contribution in [1.82, 2.24) is 9.80 Å². The van der Waals surface area contributed by atoms with Crippen LogP contribution in [0.5, 0.6) is 0 Å². The fourth-order valence-electron chi connectivity index (χ4n) is 2.82. The first kappa shape index (κ1) is 17.3. The lowest BCUT2D eigenvalue weighted by atomic mass is 9.86. The molecule has 0 unspecified atom stereocenters. The van der Waals surface area contributed by atoms with E-state index in [0.717, 1.165) is 10.5 Å². The summed E-state index contributed by atoms with van der Waals surface area (Å²) in [6, 6.07) is 8.31. The molecule has 0 spiro atoms. The van der Waals surface area contributed by atoms with Gasteiger partial charge in [0.25, 0.3) is 5.91 Å². The molecular weight excluding hydrogens is 324 g/mol. The van der Waals surface area contributed by atoms with Crippen LogP contribution < -0.4 is 0 Å². The number of hydrogen-bond donors (Lipinski definition) is 0. The highest BCUT2D eigenvalue weighted by atomic mass is 16.6. The molecule has 0 aromatic heterocycles. The van der Waals surface area contributed by atoms with Crippen LogP contribution in [-0.4, -0.2) is 53.1 Å². The molecule has 2 atom stereocenters. The summed E-state index contributed by atoms with van der Waals surface area (Å²) in [5.74, 6) is -0.404. The number of rotatable bonds is 3. The molecule has 1 aromatic rings. The van der Waals surface area contributed by atoms with E-state index in [2.05, 4.69) is 0 Å². The molecule has 25 heavy (non-hydrogen) atoms. The van der Waals surface area contributed by atoms with E-state index in [-0.39, 0.29) is 31.2 Å². The Morgan fingerprint density at radius 1 is 1.24 bits per heavy atom. The van der Waals surface area contributed by atoms with Crippen LogP contribution in [0.3, 0.4) is 0 Å². The normalized spacial score (nSPS) is 22.6.